The van der Waals surface area contributed by atoms with E-state index in [9.17, 15) is 9.59 Å². The number of hydrogen-bond donors (Lipinski definition) is 2. The number of nitrogens with zero attached hydrogens (tertiary/aromatic N) is 1. The van der Waals surface area contributed by atoms with Gasteiger partial charge in [0.2, 0.25) is 11.8 Å². The molecular weight excluding hydrogens is 270 g/mol. The van der Waals surface area contributed by atoms with E-state index in [4.69, 9.17) is 4.84 Å². The zero-order chi connectivity index (χ0) is 15.7. The molecule has 1 aromatic rings. The number of hydrogen-bond acceptors (Lipinski definition) is 4. The van der Waals surface area contributed by atoms with Gasteiger partial charge in [-0.1, -0.05) is 38.0 Å². The molecule has 0 saturated heterocycles. The maximum Gasteiger partial charge on any atom is 0.242 e. The van der Waals surface area contributed by atoms with Gasteiger partial charge in [-0.3, -0.25) is 15.0 Å². The number of carbonyl (C=O) groups is 2. The standard InChI is InChI=1S/C15H23N3O3/c1-4-5-11-14(15(20)16-3)18(17-12(2)19)21-13-9-7-6-8-10-13/h6-10,14H,4-5,11H2,1-3H3,(H,16,20)(H,17,19). The largest absolute Gasteiger partial charge is 0.386 e. The Morgan fingerprint density at radius 3 is 2.48 bits per heavy atom. The lowest BCUT2D eigenvalue weighted by atomic mass is 10.1. The number of amides is 2. The van der Waals surface area contributed by atoms with E-state index >= 15 is 0 Å². The summed E-state index contributed by atoms with van der Waals surface area (Å²) in [6.07, 6.45) is 2.39. The Morgan fingerprint density at radius 2 is 1.95 bits per heavy atom. The van der Waals surface area contributed by atoms with Crippen molar-refractivity contribution < 1.29 is 14.4 Å². The summed E-state index contributed by atoms with van der Waals surface area (Å²) in [5, 5.41) is 3.83. The molecule has 0 spiro atoms. The van der Waals surface area contributed by atoms with Crippen molar-refractivity contribution in [2.24, 2.45) is 0 Å². The van der Waals surface area contributed by atoms with E-state index in [1.807, 2.05) is 25.1 Å². The molecular formula is C15H23N3O3. The minimum atomic E-state index is -0.584. The molecule has 116 valence electrons. The SMILES string of the molecule is CCCCC(C(=O)NC)N(NC(C)=O)Oc1ccccc1. The van der Waals surface area contributed by atoms with Gasteiger partial charge in [0, 0.05) is 14.0 Å². The molecule has 1 unspecified atom stereocenters. The van der Waals surface area contributed by atoms with E-state index in [-0.39, 0.29) is 11.8 Å². The second kappa shape index (κ2) is 8.97. The monoisotopic (exact) mass is 293 g/mol. The third-order valence-corrected chi connectivity index (χ3v) is 2.88. The molecule has 0 aliphatic rings. The molecule has 2 N–H and O–H groups in total. The highest BCUT2D eigenvalue weighted by Crippen LogP contribution is 2.14. The fourth-order valence-corrected chi connectivity index (χ4v) is 1.83. The number of unbranched alkanes of at least 4 members (excludes halogenated alkanes) is 1. The minimum Gasteiger partial charge on any atom is -0.386 e. The molecule has 21 heavy (non-hydrogen) atoms. The molecule has 6 nitrogen and oxygen atoms in total. The zero-order valence-corrected chi connectivity index (χ0v) is 12.8. The number of hydroxylamine groups is 1. The number of likely N-dealkylation sites (N-methyl/N-ethyl adjacent to an activating group) is 1. The van der Waals surface area contributed by atoms with Gasteiger partial charge < -0.3 is 10.2 Å². The van der Waals surface area contributed by atoms with Gasteiger partial charge in [0.1, 0.15) is 11.8 Å². The molecule has 1 rings (SSSR count). The topological polar surface area (TPSA) is 70.7 Å². The van der Waals surface area contributed by atoms with Gasteiger partial charge >= 0.3 is 0 Å². The summed E-state index contributed by atoms with van der Waals surface area (Å²) in [7, 11) is 1.57. The lowest BCUT2D eigenvalue weighted by molar-refractivity contribution is -0.170. The van der Waals surface area contributed by atoms with Gasteiger partial charge in [0.05, 0.1) is 0 Å². The Hall–Kier alpha value is -2.08. The van der Waals surface area contributed by atoms with E-state index in [2.05, 4.69) is 10.7 Å². The van der Waals surface area contributed by atoms with Gasteiger partial charge in [-0.05, 0) is 23.7 Å². The molecule has 1 aromatic carbocycles. The summed E-state index contributed by atoms with van der Waals surface area (Å²) in [5.74, 6) is 0.0566. The summed E-state index contributed by atoms with van der Waals surface area (Å²) >= 11 is 0. The van der Waals surface area contributed by atoms with Crippen LogP contribution in [0.15, 0.2) is 30.3 Å². The average Bonchev–Trinajstić information content (AvgIpc) is 2.47. The van der Waals surface area contributed by atoms with Gasteiger partial charge in [-0.25, -0.2) is 0 Å². The molecule has 0 saturated carbocycles. The van der Waals surface area contributed by atoms with Gasteiger partial charge in [0.15, 0.2) is 0 Å². The van der Waals surface area contributed by atoms with E-state index in [1.54, 1.807) is 19.2 Å². The minimum absolute atomic E-state index is 0.201. The molecule has 0 aromatic heterocycles. The Balaban J connectivity index is 2.90. The van der Waals surface area contributed by atoms with E-state index in [1.165, 1.54) is 12.1 Å². The maximum absolute atomic E-state index is 12.0. The molecule has 1 atom stereocenters. The highest BCUT2D eigenvalue weighted by atomic mass is 16.7. The van der Waals surface area contributed by atoms with Crippen molar-refractivity contribution in [1.29, 1.82) is 0 Å². The molecule has 0 bridgehead atoms. The van der Waals surface area contributed by atoms with Crippen LogP contribution in [0, 0.1) is 0 Å². The van der Waals surface area contributed by atoms with Crippen LogP contribution in [0.5, 0.6) is 5.75 Å². The Morgan fingerprint density at radius 1 is 1.29 bits per heavy atom. The first-order valence-corrected chi connectivity index (χ1v) is 7.09. The lowest BCUT2D eigenvalue weighted by Gasteiger charge is -2.29. The Labute approximate surface area is 125 Å². The smallest absolute Gasteiger partial charge is 0.242 e. The van der Waals surface area contributed by atoms with Crippen molar-refractivity contribution in [3.05, 3.63) is 30.3 Å². The van der Waals surface area contributed by atoms with Crippen LogP contribution in [-0.2, 0) is 9.59 Å². The number of hydrazine groups is 1. The maximum atomic E-state index is 12.0. The molecule has 2 amide bonds. The summed E-state index contributed by atoms with van der Waals surface area (Å²) in [6, 6.07) is 8.44. The third-order valence-electron chi connectivity index (χ3n) is 2.88. The van der Waals surface area contributed by atoms with E-state index in [0.717, 1.165) is 12.8 Å². The van der Waals surface area contributed by atoms with Crippen LogP contribution >= 0.6 is 0 Å². The average molecular weight is 293 g/mol. The number of benzene rings is 1. The number of nitrogens with one attached hydrogen (secondary N) is 2. The fourth-order valence-electron chi connectivity index (χ4n) is 1.83. The summed E-state index contributed by atoms with van der Waals surface area (Å²) < 4.78 is 0. The predicted octanol–water partition coefficient (Wildman–Crippen LogP) is 1.64. The highest BCUT2D eigenvalue weighted by Gasteiger charge is 2.27. The van der Waals surface area contributed by atoms with Crippen molar-refractivity contribution in [2.45, 2.75) is 39.2 Å². The first-order valence-electron chi connectivity index (χ1n) is 7.09. The number of para-hydroxylation sites is 1. The van der Waals surface area contributed by atoms with Crippen LogP contribution in [0.2, 0.25) is 0 Å². The van der Waals surface area contributed by atoms with Gasteiger partial charge in [-0.2, -0.15) is 0 Å². The van der Waals surface area contributed by atoms with Crippen molar-refractivity contribution in [3.8, 4) is 5.75 Å². The van der Waals surface area contributed by atoms with Crippen LogP contribution in [-0.4, -0.2) is 30.1 Å². The molecule has 0 heterocycles. The Kier molecular flexibility index (Phi) is 7.25. The third kappa shape index (κ3) is 5.83. The van der Waals surface area contributed by atoms with Gasteiger partial charge in [-0.15, -0.1) is 0 Å². The van der Waals surface area contributed by atoms with Crippen LogP contribution < -0.4 is 15.6 Å². The van der Waals surface area contributed by atoms with Crippen molar-refractivity contribution in [3.63, 3.8) is 0 Å². The highest BCUT2D eigenvalue weighted by molar-refractivity contribution is 5.82. The van der Waals surface area contributed by atoms with Crippen LogP contribution in [0.1, 0.15) is 33.1 Å². The molecule has 0 radical (unpaired) electrons. The lowest BCUT2D eigenvalue weighted by Crippen LogP contribution is -2.55. The zero-order valence-electron chi connectivity index (χ0n) is 12.8. The predicted molar refractivity (Wildman–Crippen MR) is 80.1 cm³/mol. The normalized spacial score (nSPS) is 11.8. The summed E-state index contributed by atoms with van der Waals surface area (Å²) in [6.45, 7) is 3.42. The Bertz CT molecular complexity index is 451. The van der Waals surface area contributed by atoms with Crippen molar-refractivity contribution in [2.75, 3.05) is 7.05 Å². The van der Waals surface area contributed by atoms with Crippen LogP contribution in [0.4, 0.5) is 0 Å². The molecule has 0 aliphatic carbocycles. The van der Waals surface area contributed by atoms with Crippen LogP contribution in [0.3, 0.4) is 0 Å². The first kappa shape index (κ1) is 17.0. The number of carbonyl (C=O) groups excluding carboxylic acids is 2. The summed E-state index contributed by atoms with van der Waals surface area (Å²) in [5.41, 5.74) is 2.56. The molecule has 0 fully saturated rings. The van der Waals surface area contributed by atoms with Gasteiger partial charge in [0.25, 0.3) is 0 Å². The summed E-state index contributed by atoms with van der Waals surface area (Å²) in [4.78, 5) is 29.1. The van der Waals surface area contributed by atoms with Crippen molar-refractivity contribution >= 4 is 11.8 Å². The quantitative estimate of drug-likeness (QED) is 0.715. The second-order valence-corrected chi connectivity index (χ2v) is 4.67. The van der Waals surface area contributed by atoms with Crippen molar-refractivity contribution in [1.82, 2.24) is 15.9 Å². The molecule has 0 aliphatic heterocycles. The number of rotatable bonds is 8. The van der Waals surface area contributed by atoms with Crippen LogP contribution in [0.25, 0.3) is 0 Å². The second-order valence-electron chi connectivity index (χ2n) is 4.67. The molecule has 6 heteroatoms. The van der Waals surface area contributed by atoms with E-state index in [0.29, 0.717) is 12.2 Å². The van der Waals surface area contributed by atoms with E-state index < -0.39 is 6.04 Å². The fraction of sp³-hybridized carbons (Fsp3) is 0.467. The first-order chi connectivity index (χ1) is 10.1.